The Balaban J connectivity index is 3.86. The Kier molecular flexibility index (Phi) is 8.97. The van der Waals surface area contributed by atoms with E-state index in [1.807, 2.05) is 42.6 Å². The van der Waals surface area contributed by atoms with Crippen LogP contribution in [0.5, 0.6) is 0 Å². The minimum atomic E-state index is -0.0929. The van der Waals surface area contributed by atoms with Gasteiger partial charge in [0.05, 0.1) is 0 Å². The average Bonchev–Trinajstić information content (AvgIpc) is 2.25. The molecule has 0 saturated heterocycles. The first kappa shape index (κ1) is 15.9. The van der Waals surface area contributed by atoms with Gasteiger partial charge in [0.15, 0.2) is 0 Å². The molecule has 0 aliphatic carbocycles. The van der Waals surface area contributed by atoms with Crippen LogP contribution in [0.15, 0.2) is 0 Å². The van der Waals surface area contributed by atoms with E-state index < -0.39 is 0 Å². The Labute approximate surface area is 111 Å². The van der Waals surface area contributed by atoms with Gasteiger partial charge < -0.3 is 0 Å². The molecule has 94 valence electrons. The second-order valence-electron chi connectivity index (χ2n) is 3.88. The van der Waals surface area contributed by atoms with Crippen LogP contribution in [-0.4, -0.2) is 44.7 Å². The number of ether oxygens (including phenoxy) is 2. The van der Waals surface area contributed by atoms with Crippen molar-refractivity contribution in [2.45, 2.75) is 40.5 Å². The zero-order chi connectivity index (χ0) is 12.6. The molecule has 0 aromatic carbocycles. The first-order valence-corrected chi connectivity index (χ1v) is 7.02. The van der Waals surface area contributed by atoms with Crippen LogP contribution in [0.25, 0.3) is 0 Å². The van der Waals surface area contributed by atoms with Crippen LogP contribution >= 0.6 is 0 Å². The van der Waals surface area contributed by atoms with Gasteiger partial charge in [-0.15, -0.1) is 0 Å². The SMILES string of the molecule is CCOC(=O)C(C)CCC(C)C(=[Te])OCC. The second kappa shape index (κ2) is 9.01. The van der Waals surface area contributed by atoms with E-state index in [1.54, 1.807) is 0 Å². The summed E-state index contributed by atoms with van der Waals surface area (Å²) in [6.07, 6.45) is 1.82. The number of esters is 1. The Morgan fingerprint density at radius 3 is 2.06 bits per heavy atom. The van der Waals surface area contributed by atoms with Crippen molar-refractivity contribution >= 4 is 31.5 Å². The third-order valence-electron chi connectivity index (χ3n) is 2.41. The summed E-state index contributed by atoms with van der Waals surface area (Å²) in [5.74, 6) is 0.296. The first-order chi connectivity index (χ1) is 7.52. The van der Waals surface area contributed by atoms with Crippen molar-refractivity contribution in [3.8, 4) is 0 Å². The maximum atomic E-state index is 11.4. The predicted molar refractivity (Wildman–Crippen MR) is 66.6 cm³/mol. The van der Waals surface area contributed by atoms with Gasteiger partial charge in [-0.2, -0.15) is 0 Å². The molecule has 0 radical (unpaired) electrons. The van der Waals surface area contributed by atoms with Gasteiger partial charge in [-0.05, 0) is 0 Å². The third kappa shape index (κ3) is 6.50. The molecule has 0 spiro atoms. The topological polar surface area (TPSA) is 35.5 Å². The summed E-state index contributed by atoms with van der Waals surface area (Å²) in [5.41, 5.74) is 0. The fourth-order valence-corrected chi connectivity index (χ4v) is 1.98. The molecule has 3 nitrogen and oxygen atoms in total. The van der Waals surface area contributed by atoms with Crippen molar-refractivity contribution < 1.29 is 14.3 Å². The van der Waals surface area contributed by atoms with Crippen LogP contribution < -0.4 is 0 Å². The number of hydrogen-bond acceptors (Lipinski definition) is 3. The van der Waals surface area contributed by atoms with Crippen LogP contribution in [0.4, 0.5) is 0 Å². The van der Waals surface area contributed by atoms with E-state index in [-0.39, 0.29) is 11.9 Å². The summed E-state index contributed by atoms with van der Waals surface area (Å²) >= 11 is 1.93. The van der Waals surface area contributed by atoms with Gasteiger partial charge in [-0.1, -0.05) is 0 Å². The fraction of sp³-hybridized carbons (Fsp3) is 0.833. The molecule has 0 amide bonds. The second-order valence-corrected chi connectivity index (χ2v) is 5.03. The molecular weight excluding hydrogens is 320 g/mol. The van der Waals surface area contributed by atoms with E-state index in [0.717, 1.165) is 16.6 Å². The van der Waals surface area contributed by atoms with E-state index in [1.165, 1.54) is 0 Å². The number of carbonyl (C=O) groups is 1. The molecule has 0 aromatic rings. The summed E-state index contributed by atoms with van der Waals surface area (Å²) in [6, 6.07) is 0. The molecule has 16 heavy (non-hydrogen) atoms. The molecule has 0 N–H and O–H groups in total. The molecule has 0 rings (SSSR count). The molecule has 0 bridgehead atoms. The Hall–Kier alpha value is -0.0704. The van der Waals surface area contributed by atoms with Gasteiger partial charge in [0.2, 0.25) is 0 Å². The van der Waals surface area contributed by atoms with Gasteiger partial charge in [0, 0.05) is 0 Å². The van der Waals surface area contributed by atoms with E-state index in [2.05, 4.69) is 6.92 Å². The van der Waals surface area contributed by atoms with Gasteiger partial charge >= 0.3 is 111 Å². The fourth-order valence-electron chi connectivity index (χ4n) is 1.30. The Morgan fingerprint density at radius 1 is 1.06 bits per heavy atom. The van der Waals surface area contributed by atoms with Gasteiger partial charge in [-0.25, -0.2) is 0 Å². The predicted octanol–water partition coefficient (Wildman–Crippen LogP) is 1.94. The molecule has 2 atom stereocenters. The summed E-state index contributed by atoms with van der Waals surface area (Å²) in [5, 5.41) is 0. The third-order valence-corrected chi connectivity index (χ3v) is 3.90. The molecule has 0 heterocycles. The first-order valence-electron chi connectivity index (χ1n) is 5.86. The quantitative estimate of drug-likeness (QED) is 0.500. The molecule has 0 aromatic heterocycles. The average molecular weight is 342 g/mol. The minimum absolute atomic E-state index is 0.0157. The van der Waals surface area contributed by atoms with E-state index in [0.29, 0.717) is 19.1 Å². The van der Waals surface area contributed by atoms with E-state index in [4.69, 9.17) is 9.47 Å². The van der Waals surface area contributed by atoms with Crippen LogP contribution in [-0.2, 0) is 14.3 Å². The molecular formula is C12H22O3Te. The summed E-state index contributed by atoms with van der Waals surface area (Å²) in [7, 11) is 0. The molecule has 0 aliphatic heterocycles. The van der Waals surface area contributed by atoms with E-state index >= 15 is 0 Å². The van der Waals surface area contributed by atoms with E-state index in [9.17, 15) is 4.79 Å². The molecule has 0 aliphatic rings. The van der Waals surface area contributed by atoms with Gasteiger partial charge in [-0.3, -0.25) is 0 Å². The normalized spacial score (nSPS) is 14.0. The maximum absolute atomic E-state index is 11.4. The summed E-state index contributed by atoms with van der Waals surface area (Å²) in [4.78, 5) is 11.4. The molecule has 0 fully saturated rings. The van der Waals surface area contributed by atoms with Crippen molar-refractivity contribution in [3.63, 3.8) is 0 Å². The van der Waals surface area contributed by atoms with Crippen molar-refractivity contribution in [2.75, 3.05) is 13.2 Å². The van der Waals surface area contributed by atoms with Gasteiger partial charge in [0.1, 0.15) is 0 Å². The summed E-state index contributed by atoms with van der Waals surface area (Å²) in [6.45, 7) is 9.04. The number of hydrogen-bond donors (Lipinski definition) is 0. The van der Waals surface area contributed by atoms with Gasteiger partial charge in [0.25, 0.3) is 0 Å². The monoisotopic (exact) mass is 344 g/mol. The number of rotatable bonds is 8. The standard InChI is InChI=1S/C12H22O3Te/c1-5-14-11(13)9(3)7-8-10(4)12(16)15-6-2/h9-10H,5-8H2,1-4H3. The Bertz CT molecular complexity index is 204. The van der Waals surface area contributed by atoms with Crippen LogP contribution in [0.3, 0.4) is 0 Å². The van der Waals surface area contributed by atoms with Crippen molar-refractivity contribution in [2.24, 2.45) is 11.8 Å². The zero-order valence-corrected chi connectivity index (χ0v) is 12.9. The zero-order valence-electron chi connectivity index (χ0n) is 10.6. The summed E-state index contributed by atoms with van der Waals surface area (Å²) < 4.78 is 11.5. The number of carbonyl (C=O) groups excluding carboxylic acids is 1. The van der Waals surface area contributed by atoms with Crippen molar-refractivity contribution in [3.05, 3.63) is 0 Å². The van der Waals surface area contributed by atoms with Crippen LogP contribution in [0.1, 0.15) is 40.5 Å². The van der Waals surface area contributed by atoms with Crippen LogP contribution in [0.2, 0.25) is 0 Å². The molecule has 0 saturated carbocycles. The van der Waals surface area contributed by atoms with Crippen molar-refractivity contribution in [1.29, 1.82) is 0 Å². The van der Waals surface area contributed by atoms with Crippen molar-refractivity contribution in [1.82, 2.24) is 0 Å². The Morgan fingerprint density at radius 2 is 1.56 bits per heavy atom. The molecule has 4 heteroatoms. The molecule has 2 unspecified atom stereocenters. The van der Waals surface area contributed by atoms with Crippen LogP contribution in [0, 0.1) is 11.8 Å².